The zero-order valence-corrected chi connectivity index (χ0v) is 8.14. The van der Waals surface area contributed by atoms with Crippen molar-refractivity contribution in [3.63, 3.8) is 0 Å². The van der Waals surface area contributed by atoms with Crippen LogP contribution in [-0.2, 0) is 11.3 Å². The van der Waals surface area contributed by atoms with E-state index in [1.54, 1.807) is 0 Å². The van der Waals surface area contributed by atoms with Crippen molar-refractivity contribution in [2.24, 2.45) is 0 Å². The van der Waals surface area contributed by atoms with Crippen molar-refractivity contribution >= 4 is 29.1 Å². The van der Waals surface area contributed by atoms with Gasteiger partial charge in [0.15, 0.2) is 5.15 Å². The highest BCUT2D eigenvalue weighted by Crippen LogP contribution is 2.07. The summed E-state index contributed by atoms with van der Waals surface area (Å²) in [7, 11) is 0. The average Bonchev–Trinajstić information content (AvgIpc) is 2.16. The third kappa shape index (κ3) is 3.16. The van der Waals surface area contributed by atoms with Gasteiger partial charge in [-0.25, -0.2) is 4.98 Å². The van der Waals surface area contributed by atoms with Crippen molar-refractivity contribution in [2.75, 3.05) is 5.88 Å². The molecule has 13 heavy (non-hydrogen) atoms. The van der Waals surface area contributed by atoms with Crippen molar-refractivity contribution in [1.29, 1.82) is 0 Å². The molecule has 4 nitrogen and oxygen atoms in total. The van der Waals surface area contributed by atoms with E-state index in [2.05, 4.69) is 15.3 Å². The molecule has 0 bridgehead atoms. The largest absolute Gasteiger partial charge is 0.349 e. The number of rotatable bonds is 3. The van der Waals surface area contributed by atoms with Crippen LogP contribution in [0.4, 0.5) is 0 Å². The van der Waals surface area contributed by atoms with Gasteiger partial charge in [-0.3, -0.25) is 9.78 Å². The molecule has 1 aromatic heterocycles. The summed E-state index contributed by atoms with van der Waals surface area (Å²) in [6.07, 6.45) is 2.99. The second-order valence-corrected chi connectivity index (χ2v) is 2.83. The third-order valence-electron chi connectivity index (χ3n) is 1.30. The Morgan fingerprint density at radius 1 is 1.46 bits per heavy atom. The molecular formula is C7H7Cl2N3O. The second kappa shape index (κ2) is 4.99. The van der Waals surface area contributed by atoms with Gasteiger partial charge in [0.2, 0.25) is 5.91 Å². The molecule has 0 aromatic carbocycles. The molecule has 1 amide bonds. The zero-order chi connectivity index (χ0) is 9.68. The molecule has 6 heteroatoms. The second-order valence-electron chi connectivity index (χ2n) is 2.20. The van der Waals surface area contributed by atoms with Gasteiger partial charge in [0.25, 0.3) is 0 Å². The quantitative estimate of drug-likeness (QED) is 0.772. The van der Waals surface area contributed by atoms with Crippen molar-refractivity contribution < 1.29 is 4.79 Å². The minimum atomic E-state index is -0.261. The Kier molecular flexibility index (Phi) is 3.92. The molecule has 0 unspecified atom stereocenters. The van der Waals surface area contributed by atoms with Crippen LogP contribution in [0.2, 0.25) is 5.15 Å². The van der Waals surface area contributed by atoms with E-state index in [0.717, 1.165) is 0 Å². The first-order valence-electron chi connectivity index (χ1n) is 3.52. The molecule has 0 saturated carbocycles. The van der Waals surface area contributed by atoms with Crippen LogP contribution in [0, 0.1) is 0 Å². The normalized spacial score (nSPS) is 9.69. The highest BCUT2D eigenvalue weighted by Gasteiger charge is 2.03. The number of nitrogens with one attached hydrogen (secondary N) is 1. The third-order valence-corrected chi connectivity index (χ3v) is 1.86. The highest BCUT2D eigenvalue weighted by atomic mass is 35.5. The van der Waals surface area contributed by atoms with E-state index in [1.807, 2.05) is 0 Å². The molecule has 1 aromatic rings. The van der Waals surface area contributed by atoms with Gasteiger partial charge in [-0.2, -0.15) is 0 Å². The number of hydrogen-bond acceptors (Lipinski definition) is 3. The molecule has 1 heterocycles. The molecule has 0 saturated heterocycles. The Morgan fingerprint density at radius 3 is 2.77 bits per heavy atom. The van der Waals surface area contributed by atoms with Crippen LogP contribution in [0.15, 0.2) is 12.4 Å². The Balaban J connectivity index is 2.54. The molecule has 1 rings (SSSR count). The summed E-state index contributed by atoms with van der Waals surface area (Å²) in [4.78, 5) is 18.5. The predicted molar refractivity (Wildman–Crippen MR) is 49.6 cm³/mol. The van der Waals surface area contributed by atoms with E-state index in [-0.39, 0.29) is 23.5 Å². The fourth-order valence-corrected chi connectivity index (χ4v) is 0.964. The van der Waals surface area contributed by atoms with Gasteiger partial charge in [0.1, 0.15) is 5.88 Å². The maximum atomic E-state index is 10.8. The first-order valence-corrected chi connectivity index (χ1v) is 4.43. The number of aromatic nitrogens is 2. The van der Waals surface area contributed by atoms with Crippen molar-refractivity contribution in [3.05, 3.63) is 23.2 Å². The summed E-state index contributed by atoms with van der Waals surface area (Å²) >= 11 is 11.0. The maximum absolute atomic E-state index is 10.8. The van der Waals surface area contributed by atoms with Gasteiger partial charge in [-0.1, -0.05) is 11.6 Å². The lowest BCUT2D eigenvalue weighted by molar-refractivity contribution is -0.118. The van der Waals surface area contributed by atoms with Crippen LogP contribution < -0.4 is 5.32 Å². The van der Waals surface area contributed by atoms with Crippen LogP contribution >= 0.6 is 23.2 Å². The van der Waals surface area contributed by atoms with Gasteiger partial charge in [0.05, 0.1) is 12.2 Å². The lowest BCUT2D eigenvalue weighted by atomic mass is 10.4. The highest BCUT2D eigenvalue weighted by molar-refractivity contribution is 6.30. The van der Waals surface area contributed by atoms with Gasteiger partial charge in [-0.15, -0.1) is 11.6 Å². The molecule has 1 N–H and O–H groups in total. The summed E-state index contributed by atoms with van der Waals surface area (Å²) in [5.41, 5.74) is 0.530. The molecule has 0 aliphatic heterocycles. The van der Waals surface area contributed by atoms with Gasteiger partial charge < -0.3 is 5.32 Å². The van der Waals surface area contributed by atoms with E-state index < -0.39 is 0 Å². The number of halogens is 2. The smallest absolute Gasteiger partial charge is 0.235 e. The number of nitrogens with zero attached hydrogens (tertiary/aromatic N) is 2. The summed E-state index contributed by atoms with van der Waals surface area (Å²) in [6, 6.07) is 0. The van der Waals surface area contributed by atoms with Crippen LogP contribution in [-0.4, -0.2) is 21.8 Å². The van der Waals surface area contributed by atoms with Crippen LogP contribution in [0.3, 0.4) is 0 Å². The van der Waals surface area contributed by atoms with Crippen LogP contribution in [0.25, 0.3) is 0 Å². The zero-order valence-electron chi connectivity index (χ0n) is 6.63. The molecule has 0 spiro atoms. The summed E-state index contributed by atoms with van der Waals surface area (Å²) in [6.45, 7) is 0.248. The number of hydrogen-bond donors (Lipinski definition) is 1. The van der Waals surface area contributed by atoms with E-state index >= 15 is 0 Å². The topological polar surface area (TPSA) is 54.9 Å². The fourth-order valence-electron chi connectivity index (χ4n) is 0.698. The summed E-state index contributed by atoms with van der Waals surface area (Å²) in [5.74, 6) is -0.332. The van der Waals surface area contributed by atoms with Gasteiger partial charge in [0, 0.05) is 12.4 Å². The number of carbonyl (C=O) groups excluding carboxylic acids is 1. The predicted octanol–water partition coefficient (Wildman–Crippen LogP) is 0.985. The van der Waals surface area contributed by atoms with E-state index in [0.29, 0.717) is 5.69 Å². The first kappa shape index (κ1) is 10.2. The monoisotopic (exact) mass is 219 g/mol. The van der Waals surface area contributed by atoms with Crippen molar-refractivity contribution in [3.8, 4) is 0 Å². The number of carbonyl (C=O) groups is 1. The first-order chi connectivity index (χ1) is 6.24. The lowest BCUT2D eigenvalue weighted by Gasteiger charge is -2.02. The van der Waals surface area contributed by atoms with Crippen molar-refractivity contribution in [1.82, 2.24) is 15.3 Å². The molecular weight excluding hydrogens is 213 g/mol. The van der Waals surface area contributed by atoms with E-state index in [1.165, 1.54) is 12.4 Å². The number of amides is 1. The minimum absolute atomic E-state index is 0.0715. The van der Waals surface area contributed by atoms with Gasteiger partial charge >= 0.3 is 0 Å². The van der Waals surface area contributed by atoms with E-state index in [9.17, 15) is 4.79 Å². The Bertz CT molecular complexity index is 306. The summed E-state index contributed by atoms with van der Waals surface area (Å²) in [5, 5.41) is 2.82. The molecule has 0 atom stereocenters. The maximum Gasteiger partial charge on any atom is 0.235 e. The van der Waals surface area contributed by atoms with Crippen LogP contribution in [0.5, 0.6) is 0 Å². The Hall–Kier alpha value is -0.870. The standard InChI is InChI=1S/C7H7Cl2N3O/c8-3-6(13)12-4-5-7(9)11-2-1-10-5/h1-2H,3-4H2,(H,12,13). The Labute approximate surface area is 85.3 Å². The Morgan fingerprint density at radius 2 is 2.15 bits per heavy atom. The molecule has 70 valence electrons. The SMILES string of the molecule is O=C(CCl)NCc1nccnc1Cl. The minimum Gasteiger partial charge on any atom is -0.349 e. The molecule has 0 aliphatic rings. The molecule has 0 fully saturated rings. The summed E-state index contributed by atoms with van der Waals surface area (Å²) < 4.78 is 0. The molecule has 0 aliphatic carbocycles. The van der Waals surface area contributed by atoms with Gasteiger partial charge in [-0.05, 0) is 0 Å². The molecule has 0 radical (unpaired) electrons. The lowest BCUT2D eigenvalue weighted by Crippen LogP contribution is -2.24. The average molecular weight is 220 g/mol. The van der Waals surface area contributed by atoms with Crippen LogP contribution in [0.1, 0.15) is 5.69 Å². The fraction of sp³-hybridized carbons (Fsp3) is 0.286. The van der Waals surface area contributed by atoms with Crippen molar-refractivity contribution in [2.45, 2.75) is 6.54 Å². The number of alkyl halides is 1. The van der Waals surface area contributed by atoms with E-state index in [4.69, 9.17) is 23.2 Å².